The molecule has 1 amide bonds. The summed E-state index contributed by atoms with van der Waals surface area (Å²) in [6.45, 7) is 1.93. The molecular weight excluding hydrogens is 346 g/mol. The predicted molar refractivity (Wildman–Crippen MR) is 110 cm³/mol. The molecule has 0 radical (unpaired) electrons. The number of furan rings is 1. The molecule has 0 N–H and O–H groups in total. The van der Waals surface area contributed by atoms with Crippen molar-refractivity contribution in [3.63, 3.8) is 0 Å². The topological polar surface area (TPSA) is 33.5 Å². The average Bonchev–Trinajstić information content (AvgIpc) is 3.18. The van der Waals surface area contributed by atoms with E-state index in [2.05, 4.69) is 18.2 Å². The number of hydrogen-bond acceptors (Lipinski definition) is 2. The van der Waals surface area contributed by atoms with Crippen molar-refractivity contribution < 1.29 is 9.21 Å². The first-order chi connectivity index (χ1) is 13.7. The Labute approximate surface area is 163 Å². The van der Waals surface area contributed by atoms with E-state index in [1.54, 1.807) is 0 Å². The molecule has 28 heavy (non-hydrogen) atoms. The molecule has 4 aromatic rings. The minimum atomic E-state index is -0.312. The van der Waals surface area contributed by atoms with Gasteiger partial charge in [-0.15, -0.1) is 0 Å². The van der Waals surface area contributed by atoms with Crippen LogP contribution in [-0.4, -0.2) is 5.91 Å². The highest BCUT2D eigenvalue weighted by atomic mass is 16.3. The molecule has 0 bridgehead atoms. The third-order valence-corrected chi connectivity index (χ3v) is 5.24. The van der Waals surface area contributed by atoms with Gasteiger partial charge in [-0.05, 0) is 48.4 Å². The van der Waals surface area contributed by atoms with E-state index in [9.17, 15) is 4.79 Å². The molecule has 1 unspecified atom stereocenters. The van der Waals surface area contributed by atoms with Gasteiger partial charge in [-0.1, -0.05) is 60.7 Å². The minimum absolute atomic E-state index is 0.0402. The smallest absolute Gasteiger partial charge is 0.259 e. The fraction of sp³-hybridized carbons (Fsp3) is 0.0800. The summed E-state index contributed by atoms with van der Waals surface area (Å²) in [6.07, 6.45) is 0. The van der Waals surface area contributed by atoms with Gasteiger partial charge < -0.3 is 4.42 Å². The van der Waals surface area contributed by atoms with Gasteiger partial charge in [0.05, 0.1) is 5.69 Å². The van der Waals surface area contributed by atoms with Crippen molar-refractivity contribution in [2.45, 2.75) is 13.0 Å². The number of anilines is 1. The van der Waals surface area contributed by atoms with Crippen LogP contribution in [0.4, 0.5) is 5.69 Å². The Morgan fingerprint density at radius 1 is 0.786 bits per heavy atom. The molecule has 0 saturated heterocycles. The Bertz CT molecular complexity index is 1160. The van der Waals surface area contributed by atoms with Crippen molar-refractivity contribution in [2.24, 2.45) is 0 Å². The summed E-state index contributed by atoms with van der Waals surface area (Å²) in [5.41, 5.74) is 4.81. The Hall–Kier alpha value is -3.59. The monoisotopic (exact) mass is 365 g/mol. The Morgan fingerprint density at radius 2 is 1.46 bits per heavy atom. The van der Waals surface area contributed by atoms with Crippen molar-refractivity contribution in [3.8, 4) is 11.1 Å². The molecule has 3 heteroatoms. The second-order valence-corrected chi connectivity index (χ2v) is 7.00. The molecular formula is C25H19NO2. The molecule has 3 aromatic carbocycles. The normalized spacial score (nSPS) is 15.0. The maximum Gasteiger partial charge on any atom is 0.259 e. The summed E-state index contributed by atoms with van der Waals surface area (Å²) in [5.74, 6) is 1.56. The third kappa shape index (κ3) is 2.55. The Balaban J connectivity index is 1.78. The molecule has 0 fully saturated rings. The van der Waals surface area contributed by atoms with Gasteiger partial charge in [-0.3, -0.25) is 9.69 Å². The number of amides is 1. The first kappa shape index (κ1) is 16.6. The lowest BCUT2D eigenvalue weighted by molar-refractivity contribution is 0.0977. The van der Waals surface area contributed by atoms with Gasteiger partial charge in [0.1, 0.15) is 17.6 Å². The summed E-state index contributed by atoms with van der Waals surface area (Å²) >= 11 is 0. The van der Waals surface area contributed by atoms with Crippen LogP contribution in [0.15, 0.2) is 95.4 Å². The fourth-order valence-corrected chi connectivity index (χ4v) is 4.00. The van der Waals surface area contributed by atoms with Crippen LogP contribution in [0.1, 0.15) is 33.5 Å². The van der Waals surface area contributed by atoms with E-state index < -0.39 is 0 Å². The summed E-state index contributed by atoms with van der Waals surface area (Å²) in [6, 6.07) is 29.3. The highest BCUT2D eigenvalue weighted by molar-refractivity contribution is 6.10. The first-order valence-electron chi connectivity index (χ1n) is 9.37. The van der Waals surface area contributed by atoms with Gasteiger partial charge in [0.15, 0.2) is 0 Å². The van der Waals surface area contributed by atoms with E-state index in [4.69, 9.17) is 4.42 Å². The van der Waals surface area contributed by atoms with Gasteiger partial charge in [0.2, 0.25) is 0 Å². The molecule has 1 aliphatic rings. The number of rotatable bonds is 2. The van der Waals surface area contributed by atoms with Crippen molar-refractivity contribution in [1.29, 1.82) is 0 Å². The lowest BCUT2D eigenvalue weighted by Gasteiger charge is -2.37. The minimum Gasteiger partial charge on any atom is -0.464 e. The van der Waals surface area contributed by atoms with Crippen molar-refractivity contribution in [2.75, 3.05) is 4.90 Å². The first-order valence-corrected chi connectivity index (χ1v) is 9.37. The van der Waals surface area contributed by atoms with Gasteiger partial charge in [-0.25, -0.2) is 0 Å². The predicted octanol–water partition coefficient (Wildman–Crippen LogP) is 6.00. The Morgan fingerprint density at radius 3 is 2.21 bits per heavy atom. The van der Waals surface area contributed by atoms with Gasteiger partial charge in [0.25, 0.3) is 5.91 Å². The van der Waals surface area contributed by atoms with Gasteiger partial charge in [0, 0.05) is 11.1 Å². The number of carbonyl (C=O) groups excluding carboxylic acids is 1. The number of hydrogen-bond donors (Lipinski definition) is 0. The quantitative estimate of drug-likeness (QED) is 0.436. The number of benzene rings is 3. The maximum atomic E-state index is 13.6. The van der Waals surface area contributed by atoms with Crippen LogP contribution in [0, 0.1) is 6.92 Å². The van der Waals surface area contributed by atoms with Crippen LogP contribution < -0.4 is 4.90 Å². The van der Waals surface area contributed by atoms with E-state index in [0.717, 1.165) is 33.9 Å². The standard InChI is InChI=1S/C25H19NO2/c1-17-15-16-23(28-17)24-21-13-6-5-11-19(21)20-12-7-8-14-22(20)26(24)25(27)18-9-3-2-4-10-18/h2-16,24H,1H3. The zero-order valence-electron chi connectivity index (χ0n) is 15.5. The molecule has 1 atom stereocenters. The highest BCUT2D eigenvalue weighted by Gasteiger charge is 2.37. The molecule has 3 nitrogen and oxygen atoms in total. The van der Waals surface area contributed by atoms with E-state index >= 15 is 0 Å². The number of carbonyl (C=O) groups is 1. The van der Waals surface area contributed by atoms with Crippen LogP contribution in [0.3, 0.4) is 0 Å². The average molecular weight is 365 g/mol. The van der Waals surface area contributed by atoms with Gasteiger partial charge in [-0.2, -0.15) is 0 Å². The zero-order chi connectivity index (χ0) is 19.1. The van der Waals surface area contributed by atoms with Crippen molar-refractivity contribution in [1.82, 2.24) is 0 Å². The summed E-state index contributed by atoms with van der Waals surface area (Å²) in [4.78, 5) is 15.5. The molecule has 1 aromatic heterocycles. The number of para-hydroxylation sites is 1. The fourth-order valence-electron chi connectivity index (χ4n) is 4.00. The number of fused-ring (bicyclic) bond motifs is 3. The highest BCUT2D eigenvalue weighted by Crippen LogP contribution is 2.47. The van der Waals surface area contributed by atoms with E-state index in [1.807, 2.05) is 84.6 Å². The van der Waals surface area contributed by atoms with Gasteiger partial charge >= 0.3 is 0 Å². The van der Waals surface area contributed by atoms with Crippen molar-refractivity contribution >= 4 is 11.6 Å². The summed E-state index contributed by atoms with van der Waals surface area (Å²) < 4.78 is 6.02. The maximum absolute atomic E-state index is 13.6. The zero-order valence-corrected chi connectivity index (χ0v) is 15.5. The lowest BCUT2D eigenvalue weighted by Crippen LogP contribution is -2.38. The molecule has 0 aliphatic carbocycles. The van der Waals surface area contributed by atoms with E-state index in [1.165, 1.54) is 0 Å². The number of nitrogens with zero attached hydrogens (tertiary/aromatic N) is 1. The molecule has 0 saturated carbocycles. The van der Waals surface area contributed by atoms with Crippen LogP contribution in [-0.2, 0) is 0 Å². The number of aryl methyl sites for hydroxylation is 1. The van der Waals surface area contributed by atoms with Crippen molar-refractivity contribution in [3.05, 3.63) is 114 Å². The summed E-state index contributed by atoms with van der Waals surface area (Å²) in [5, 5.41) is 0. The van der Waals surface area contributed by atoms with E-state index in [0.29, 0.717) is 5.56 Å². The van der Waals surface area contributed by atoms with Crippen LogP contribution in [0.25, 0.3) is 11.1 Å². The molecule has 5 rings (SSSR count). The molecule has 0 spiro atoms. The van der Waals surface area contributed by atoms with E-state index in [-0.39, 0.29) is 11.9 Å². The van der Waals surface area contributed by atoms with Crippen LogP contribution in [0.5, 0.6) is 0 Å². The molecule has 136 valence electrons. The SMILES string of the molecule is Cc1ccc(C2c3ccccc3-c3ccccc3N2C(=O)c2ccccc2)o1. The largest absolute Gasteiger partial charge is 0.464 e. The second-order valence-electron chi connectivity index (χ2n) is 7.00. The summed E-state index contributed by atoms with van der Waals surface area (Å²) in [7, 11) is 0. The molecule has 1 aliphatic heterocycles. The van der Waals surface area contributed by atoms with Crippen LogP contribution >= 0.6 is 0 Å². The molecule has 2 heterocycles. The lowest BCUT2D eigenvalue weighted by atomic mass is 9.86. The Kier molecular flexibility index (Phi) is 3.87. The second kappa shape index (κ2) is 6.54. The van der Waals surface area contributed by atoms with Crippen LogP contribution in [0.2, 0.25) is 0 Å². The third-order valence-electron chi connectivity index (χ3n) is 5.24.